The second-order valence-electron chi connectivity index (χ2n) is 4.36. The Labute approximate surface area is 117 Å². The molecule has 2 heterocycles. The maximum atomic E-state index is 6.02. The zero-order valence-corrected chi connectivity index (χ0v) is 12.5. The third-order valence-corrected chi connectivity index (χ3v) is 4.24. The van der Waals surface area contributed by atoms with Crippen molar-refractivity contribution in [3.8, 4) is 0 Å². The molecule has 0 aliphatic heterocycles. The van der Waals surface area contributed by atoms with Crippen LogP contribution in [-0.4, -0.2) is 16.3 Å². The summed E-state index contributed by atoms with van der Waals surface area (Å²) in [7, 11) is 1.99. The zero-order valence-electron chi connectivity index (χ0n) is 10.9. The molecule has 2 aromatic rings. The quantitative estimate of drug-likeness (QED) is 0.912. The van der Waals surface area contributed by atoms with E-state index in [0.717, 1.165) is 23.0 Å². The zero-order chi connectivity index (χ0) is 13.1. The lowest BCUT2D eigenvalue weighted by molar-refractivity contribution is 0.536. The average Bonchev–Trinajstić information content (AvgIpc) is 2.85. The average molecular weight is 284 g/mol. The minimum absolute atomic E-state index is 0.308. The van der Waals surface area contributed by atoms with Crippen LogP contribution in [0.3, 0.4) is 0 Å². The van der Waals surface area contributed by atoms with E-state index in [9.17, 15) is 0 Å². The van der Waals surface area contributed by atoms with Crippen molar-refractivity contribution in [2.45, 2.75) is 26.3 Å². The van der Waals surface area contributed by atoms with Crippen molar-refractivity contribution in [3.63, 3.8) is 0 Å². The first-order valence-corrected chi connectivity index (χ1v) is 7.27. The van der Waals surface area contributed by atoms with Gasteiger partial charge in [0.1, 0.15) is 0 Å². The molecule has 0 amide bonds. The molecule has 0 aliphatic rings. The number of hydrogen-bond acceptors (Lipinski definition) is 3. The second-order valence-corrected chi connectivity index (χ2v) is 6.10. The van der Waals surface area contributed by atoms with Crippen LogP contribution < -0.4 is 5.32 Å². The standard InChI is InChI=1S/C13H18ClN3S/c1-4-15-11(12-5-6-13(14)18-12)8-10-7-9(2)16-17(10)3/h5-7,11,15H,4,8H2,1-3H3. The van der Waals surface area contributed by atoms with Crippen molar-refractivity contribution in [2.75, 3.05) is 6.54 Å². The molecule has 2 aromatic heterocycles. The smallest absolute Gasteiger partial charge is 0.0931 e. The van der Waals surface area contributed by atoms with Gasteiger partial charge in [-0.1, -0.05) is 18.5 Å². The molecular weight excluding hydrogens is 266 g/mol. The monoisotopic (exact) mass is 283 g/mol. The van der Waals surface area contributed by atoms with Crippen LogP contribution in [0.4, 0.5) is 0 Å². The Kier molecular flexibility index (Phi) is 4.43. The number of halogens is 1. The Morgan fingerprint density at radius 2 is 2.28 bits per heavy atom. The fraction of sp³-hybridized carbons (Fsp3) is 0.462. The molecule has 5 heteroatoms. The number of aryl methyl sites for hydroxylation is 2. The summed E-state index contributed by atoms with van der Waals surface area (Å²) in [5.41, 5.74) is 2.30. The molecule has 0 aromatic carbocycles. The molecule has 0 saturated heterocycles. The van der Waals surface area contributed by atoms with Gasteiger partial charge in [-0.25, -0.2) is 0 Å². The van der Waals surface area contributed by atoms with Crippen molar-refractivity contribution < 1.29 is 0 Å². The largest absolute Gasteiger partial charge is 0.309 e. The minimum Gasteiger partial charge on any atom is -0.309 e. The van der Waals surface area contributed by atoms with E-state index >= 15 is 0 Å². The molecule has 1 atom stereocenters. The number of rotatable bonds is 5. The van der Waals surface area contributed by atoms with E-state index < -0.39 is 0 Å². The summed E-state index contributed by atoms with van der Waals surface area (Å²) in [5.74, 6) is 0. The number of nitrogens with one attached hydrogen (secondary N) is 1. The highest BCUT2D eigenvalue weighted by atomic mass is 35.5. The highest BCUT2D eigenvalue weighted by Gasteiger charge is 2.15. The van der Waals surface area contributed by atoms with Crippen molar-refractivity contribution in [3.05, 3.63) is 38.8 Å². The van der Waals surface area contributed by atoms with Crippen molar-refractivity contribution in [1.82, 2.24) is 15.1 Å². The van der Waals surface area contributed by atoms with Gasteiger partial charge >= 0.3 is 0 Å². The maximum absolute atomic E-state index is 6.02. The Morgan fingerprint density at radius 1 is 1.50 bits per heavy atom. The van der Waals surface area contributed by atoms with E-state index in [2.05, 4.69) is 29.5 Å². The molecule has 0 aliphatic carbocycles. The van der Waals surface area contributed by atoms with Crippen LogP contribution in [0, 0.1) is 6.92 Å². The number of hydrogen-bond donors (Lipinski definition) is 1. The molecule has 1 N–H and O–H groups in total. The van der Waals surface area contributed by atoms with Gasteiger partial charge in [0.05, 0.1) is 10.0 Å². The number of aromatic nitrogens is 2. The van der Waals surface area contributed by atoms with Crippen LogP contribution in [0.15, 0.2) is 18.2 Å². The van der Waals surface area contributed by atoms with Crippen LogP contribution in [0.25, 0.3) is 0 Å². The van der Waals surface area contributed by atoms with E-state index in [1.807, 2.05) is 24.7 Å². The van der Waals surface area contributed by atoms with E-state index in [1.165, 1.54) is 10.6 Å². The van der Waals surface area contributed by atoms with Crippen LogP contribution >= 0.6 is 22.9 Å². The van der Waals surface area contributed by atoms with Gasteiger partial charge in [-0.05, 0) is 31.7 Å². The summed E-state index contributed by atoms with van der Waals surface area (Å²) in [6.07, 6.45) is 0.933. The molecule has 0 saturated carbocycles. The van der Waals surface area contributed by atoms with Crippen LogP contribution in [-0.2, 0) is 13.5 Å². The Balaban J connectivity index is 2.18. The van der Waals surface area contributed by atoms with Crippen LogP contribution in [0.1, 0.15) is 29.2 Å². The van der Waals surface area contributed by atoms with E-state index in [4.69, 9.17) is 11.6 Å². The fourth-order valence-electron chi connectivity index (χ4n) is 2.10. The predicted molar refractivity (Wildman–Crippen MR) is 77.4 cm³/mol. The molecule has 0 radical (unpaired) electrons. The summed E-state index contributed by atoms with van der Waals surface area (Å²) < 4.78 is 2.80. The molecule has 1 unspecified atom stereocenters. The lowest BCUT2D eigenvalue weighted by atomic mass is 10.1. The SMILES string of the molecule is CCNC(Cc1cc(C)nn1C)c1ccc(Cl)s1. The van der Waals surface area contributed by atoms with Gasteiger partial charge in [0.25, 0.3) is 0 Å². The number of likely N-dealkylation sites (N-methyl/N-ethyl adjacent to an activating group) is 1. The topological polar surface area (TPSA) is 29.9 Å². The third kappa shape index (κ3) is 3.13. The third-order valence-electron chi connectivity index (χ3n) is 2.90. The molecular formula is C13H18ClN3S. The highest BCUT2D eigenvalue weighted by molar-refractivity contribution is 7.16. The molecule has 0 spiro atoms. The first-order chi connectivity index (χ1) is 8.60. The molecule has 0 fully saturated rings. The summed E-state index contributed by atoms with van der Waals surface area (Å²) in [6, 6.07) is 6.51. The lowest BCUT2D eigenvalue weighted by Crippen LogP contribution is -2.23. The molecule has 18 heavy (non-hydrogen) atoms. The second kappa shape index (κ2) is 5.87. The molecule has 3 nitrogen and oxygen atoms in total. The summed E-state index contributed by atoms with van der Waals surface area (Å²) in [6.45, 7) is 5.08. The van der Waals surface area contributed by atoms with Gasteiger partial charge in [-0.2, -0.15) is 5.10 Å². The molecule has 0 bridgehead atoms. The summed E-state index contributed by atoms with van der Waals surface area (Å²) >= 11 is 7.66. The summed E-state index contributed by atoms with van der Waals surface area (Å²) in [5, 5.41) is 7.90. The van der Waals surface area contributed by atoms with Crippen LogP contribution in [0.5, 0.6) is 0 Å². The summed E-state index contributed by atoms with van der Waals surface area (Å²) in [4.78, 5) is 1.28. The van der Waals surface area contributed by atoms with Gasteiger partial charge in [0, 0.05) is 30.1 Å². The normalized spacial score (nSPS) is 12.9. The first kappa shape index (κ1) is 13.6. The minimum atomic E-state index is 0.308. The van der Waals surface area contributed by atoms with Gasteiger partial charge in [-0.3, -0.25) is 4.68 Å². The van der Waals surface area contributed by atoms with E-state index in [0.29, 0.717) is 6.04 Å². The van der Waals surface area contributed by atoms with Crippen LogP contribution in [0.2, 0.25) is 4.34 Å². The Morgan fingerprint density at radius 3 is 2.78 bits per heavy atom. The van der Waals surface area contributed by atoms with Crippen molar-refractivity contribution in [1.29, 1.82) is 0 Å². The fourth-order valence-corrected chi connectivity index (χ4v) is 3.24. The van der Waals surface area contributed by atoms with Crippen molar-refractivity contribution >= 4 is 22.9 Å². The highest BCUT2D eigenvalue weighted by Crippen LogP contribution is 2.29. The Hall–Kier alpha value is -0.840. The number of nitrogens with zero attached hydrogens (tertiary/aromatic N) is 2. The number of thiophene rings is 1. The lowest BCUT2D eigenvalue weighted by Gasteiger charge is -2.16. The maximum Gasteiger partial charge on any atom is 0.0931 e. The van der Waals surface area contributed by atoms with Crippen molar-refractivity contribution in [2.24, 2.45) is 7.05 Å². The van der Waals surface area contributed by atoms with E-state index in [-0.39, 0.29) is 0 Å². The van der Waals surface area contributed by atoms with Gasteiger partial charge < -0.3 is 5.32 Å². The Bertz CT molecular complexity index is 518. The molecule has 2 rings (SSSR count). The molecule has 98 valence electrons. The predicted octanol–water partition coefficient (Wildman–Crippen LogP) is 3.34. The van der Waals surface area contributed by atoms with Gasteiger partial charge in [0.2, 0.25) is 0 Å². The van der Waals surface area contributed by atoms with Gasteiger partial charge in [0.15, 0.2) is 0 Å². The van der Waals surface area contributed by atoms with E-state index in [1.54, 1.807) is 11.3 Å². The van der Waals surface area contributed by atoms with Gasteiger partial charge in [-0.15, -0.1) is 11.3 Å². The first-order valence-electron chi connectivity index (χ1n) is 6.08.